The Balaban J connectivity index is 1.80. The predicted molar refractivity (Wildman–Crippen MR) is 79.8 cm³/mol. The average molecular weight is 291 g/mol. The van der Waals surface area contributed by atoms with E-state index in [0.717, 1.165) is 25.8 Å². The molecular weight excluding hydrogens is 266 g/mol. The van der Waals surface area contributed by atoms with E-state index in [1.165, 1.54) is 0 Å². The molecular formula is C16H25N3O2. The van der Waals surface area contributed by atoms with Gasteiger partial charge in [0.25, 0.3) is 0 Å². The quantitative estimate of drug-likeness (QED) is 0.841. The molecule has 0 spiro atoms. The molecule has 1 aromatic rings. The van der Waals surface area contributed by atoms with Gasteiger partial charge in [-0.2, -0.15) is 5.10 Å². The normalized spacial score (nSPS) is 31.7. The fourth-order valence-corrected chi connectivity index (χ4v) is 4.02. The lowest BCUT2D eigenvalue weighted by Gasteiger charge is -2.63. The molecule has 1 saturated carbocycles. The van der Waals surface area contributed by atoms with E-state index in [4.69, 9.17) is 4.74 Å². The van der Waals surface area contributed by atoms with Crippen molar-refractivity contribution >= 4 is 6.09 Å². The average Bonchev–Trinajstić information content (AvgIpc) is 2.77. The maximum absolute atomic E-state index is 12.6. The zero-order chi connectivity index (χ0) is 15.3. The van der Waals surface area contributed by atoms with Crippen LogP contribution in [0.25, 0.3) is 0 Å². The molecule has 5 heteroatoms. The zero-order valence-electron chi connectivity index (χ0n) is 13.4. The van der Waals surface area contributed by atoms with Crippen LogP contribution in [0.5, 0.6) is 0 Å². The number of carbonyl (C=O) groups excluding carboxylic acids is 1. The molecule has 1 aliphatic carbocycles. The lowest BCUT2D eigenvalue weighted by atomic mass is 9.64. The van der Waals surface area contributed by atoms with E-state index >= 15 is 0 Å². The predicted octanol–water partition coefficient (Wildman–Crippen LogP) is 3.06. The highest BCUT2D eigenvalue weighted by molar-refractivity contribution is 5.71. The van der Waals surface area contributed by atoms with Gasteiger partial charge in [0.1, 0.15) is 5.60 Å². The maximum atomic E-state index is 12.6. The third kappa shape index (κ3) is 2.65. The number of nitrogens with zero attached hydrogens (tertiary/aromatic N) is 3. The molecule has 0 radical (unpaired) electrons. The van der Waals surface area contributed by atoms with Crippen LogP contribution in [0.3, 0.4) is 0 Å². The van der Waals surface area contributed by atoms with Crippen LogP contribution in [0, 0.1) is 5.92 Å². The Labute approximate surface area is 126 Å². The molecule has 3 atom stereocenters. The van der Waals surface area contributed by atoms with Crippen LogP contribution in [-0.4, -0.2) is 38.0 Å². The van der Waals surface area contributed by atoms with Gasteiger partial charge in [-0.3, -0.25) is 9.58 Å². The van der Waals surface area contributed by atoms with Gasteiger partial charge in [-0.1, -0.05) is 6.92 Å². The van der Waals surface area contributed by atoms with E-state index < -0.39 is 5.60 Å². The Hall–Kier alpha value is -1.52. The third-order valence-electron chi connectivity index (χ3n) is 4.50. The van der Waals surface area contributed by atoms with Crippen molar-refractivity contribution < 1.29 is 9.53 Å². The number of fused-ring (bicyclic) bond motifs is 2. The number of ether oxygens (including phenoxy) is 1. The van der Waals surface area contributed by atoms with Crippen LogP contribution in [-0.2, 0) is 11.3 Å². The molecule has 3 aliphatic rings. The van der Waals surface area contributed by atoms with Crippen molar-refractivity contribution in [2.45, 2.75) is 70.7 Å². The molecule has 2 bridgehead atoms. The molecule has 2 aliphatic heterocycles. The minimum atomic E-state index is -0.445. The number of piperidine rings is 1. The van der Waals surface area contributed by atoms with Crippen molar-refractivity contribution in [3.05, 3.63) is 18.5 Å². The van der Waals surface area contributed by atoms with Crippen LogP contribution < -0.4 is 0 Å². The van der Waals surface area contributed by atoms with E-state index in [9.17, 15) is 4.79 Å². The molecule has 0 N–H and O–H groups in total. The van der Waals surface area contributed by atoms with Gasteiger partial charge >= 0.3 is 6.09 Å². The van der Waals surface area contributed by atoms with E-state index in [1.807, 2.05) is 42.6 Å². The number of hydrogen-bond donors (Lipinski definition) is 0. The fourth-order valence-electron chi connectivity index (χ4n) is 4.02. The highest BCUT2D eigenvalue weighted by Gasteiger charge is 2.59. The lowest BCUT2D eigenvalue weighted by molar-refractivity contribution is -0.131. The molecule has 3 fully saturated rings. The third-order valence-corrected chi connectivity index (χ3v) is 4.50. The molecule has 116 valence electrons. The lowest BCUT2D eigenvalue weighted by Crippen LogP contribution is -2.73. The van der Waals surface area contributed by atoms with E-state index in [0.29, 0.717) is 12.0 Å². The minimum absolute atomic E-state index is 0.114. The van der Waals surface area contributed by atoms with Crippen molar-refractivity contribution in [2.75, 3.05) is 0 Å². The van der Waals surface area contributed by atoms with Gasteiger partial charge in [0.05, 0.1) is 12.1 Å². The van der Waals surface area contributed by atoms with Gasteiger partial charge in [0, 0.05) is 18.4 Å². The smallest absolute Gasteiger partial charge is 0.411 e. The van der Waals surface area contributed by atoms with Crippen LogP contribution in [0.2, 0.25) is 0 Å². The number of amides is 1. The summed E-state index contributed by atoms with van der Waals surface area (Å²) in [6, 6.07) is 2.26. The van der Waals surface area contributed by atoms with Gasteiger partial charge in [0.15, 0.2) is 0 Å². The summed E-state index contributed by atoms with van der Waals surface area (Å²) in [5.41, 5.74) is -0.559. The van der Waals surface area contributed by atoms with Crippen LogP contribution in [0.4, 0.5) is 4.79 Å². The zero-order valence-corrected chi connectivity index (χ0v) is 13.4. The van der Waals surface area contributed by atoms with Gasteiger partial charge in [-0.15, -0.1) is 0 Å². The van der Waals surface area contributed by atoms with Crippen LogP contribution >= 0.6 is 0 Å². The highest BCUT2D eigenvalue weighted by Crippen LogP contribution is 2.51. The summed E-state index contributed by atoms with van der Waals surface area (Å²) in [6.45, 7) is 8.80. The first kappa shape index (κ1) is 14.4. The molecule has 0 aromatic carbocycles. The minimum Gasteiger partial charge on any atom is -0.444 e. The Morgan fingerprint density at radius 2 is 2.19 bits per heavy atom. The summed E-state index contributed by atoms with van der Waals surface area (Å²) in [6.07, 6.45) is 6.77. The number of aromatic nitrogens is 2. The second-order valence-corrected chi connectivity index (χ2v) is 7.68. The SMILES string of the molecule is CC1CC2CC(Cn3cccn3)(C1)N2C(=O)OC(C)(C)C. The van der Waals surface area contributed by atoms with Crippen molar-refractivity contribution in [3.63, 3.8) is 0 Å². The summed E-state index contributed by atoms with van der Waals surface area (Å²) in [4.78, 5) is 14.6. The molecule has 21 heavy (non-hydrogen) atoms. The van der Waals surface area contributed by atoms with Crippen LogP contribution in [0.1, 0.15) is 47.0 Å². The van der Waals surface area contributed by atoms with E-state index in [2.05, 4.69) is 12.0 Å². The first-order valence-electron chi connectivity index (χ1n) is 7.79. The molecule has 1 amide bonds. The first-order valence-corrected chi connectivity index (χ1v) is 7.79. The van der Waals surface area contributed by atoms with E-state index in [1.54, 1.807) is 6.20 Å². The van der Waals surface area contributed by atoms with E-state index in [-0.39, 0.29) is 11.6 Å². The molecule has 3 unspecified atom stereocenters. The maximum Gasteiger partial charge on any atom is 0.411 e. The highest BCUT2D eigenvalue weighted by atomic mass is 16.6. The van der Waals surface area contributed by atoms with Gasteiger partial charge in [0.2, 0.25) is 0 Å². The Bertz CT molecular complexity index is 520. The van der Waals surface area contributed by atoms with Gasteiger partial charge < -0.3 is 4.74 Å². The second-order valence-electron chi connectivity index (χ2n) is 7.68. The topological polar surface area (TPSA) is 47.4 Å². The van der Waals surface area contributed by atoms with Gasteiger partial charge in [-0.25, -0.2) is 4.79 Å². The number of carbonyl (C=O) groups is 1. The second kappa shape index (κ2) is 4.75. The number of hydrogen-bond acceptors (Lipinski definition) is 3. The fraction of sp³-hybridized carbons (Fsp3) is 0.750. The monoisotopic (exact) mass is 291 g/mol. The summed E-state index contributed by atoms with van der Waals surface area (Å²) in [5.74, 6) is 0.651. The Morgan fingerprint density at radius 1 is 1.43 bits per heavy atom. The molecule has 5 nitrogen and oxygen atoms in total. The number of rotatable bonds is 2. The summed E-state index contributed by atoms with van der Waals surface area (Å²) < 4.78 is 7.55. The van der Waals surface area contributed by atoms with Crippen LogP contribution in [0.15, 0.2) is 18.5 Å². The van der Waals surface area contributed by atoms with Crippen molar-refractivity contribution in [3.8, 4) is 0 Å². The summed E-state index contributed by atoms with van der Waals surface area (Å²) in [7, 11) is 0. The molecule has 4 rings (SSSR count). The summed E-state index contributed by atoms with van der Waals surface area (Å²) >= 11 is 0. The molecule has 3 heterocycles. The van der Waals surface area contributed by atoms with Gasteiger partial charge in [-0.05, 0) is 52.0 Å². The summed E-state index contributed by atoms with van der Waals surface area (Å²) in [5, 5.41) is 4.31. The Kier molecular flexibility index (Phi) is 3.26. The molecule has 2 saturated heterocycles. The largest absolute Gasteiger partial charge is 0.444 e. The first-order chi connectivity index (χ1) is 9.79. The van der Waals surface area contributed by atoms with Crippen molar-refractivity contribution in [2.24, 2.45) is 5.92 Å². The van der Waals surface area contributed by atoms with Crippen molar-refractivity contribution in [1.82, 2.24) is 14.7 Å². The Morgan fingerprint density at radius 3 is 2.81 bits per heavy atom. The molecule has 1 aromatic heterocycles. The van der Waals surface area contributed by atoms with Crippen molar-refractivity contribution in [1.29, 1.82) is 0 Å². The standard InChI is InChI=1S/C16H25N3O2/c1-12-8-13-10-16(9-12,11-18-7-5-6-17-18)19(13)14(20)21-15(2,3)4/h5-7,12-13H,8-11H2,1-4H3.